The van der Waals surface area contributed by atoms with Crippen molar-refractivity contribution in [3.8, 4) is 11.4 Å². The molecule has 1 heterocycles. The van der Waals surface area contributed by atoms with E-state index in [9.17, 15) is 5.11 Å². The third-order valence-corrected chi connectivity index (χ3v) is 3.18. The van der Waals surface area contributed by atoms with Crippen molar-refractivity contribution < 1.29 is 9.63 Å². The number of nitrogens with zero attached hydrogens (tertiary/aromatic N) is 2. The Morgan fingerprint density at radius 2 is 1.89 bits per heavy atom. The maximum absolute atomic E-state index is 9.49. The molecule has 0 spiro atoms. The summed E-state index contributed by atoms with van der Waals surface area (Å²) in [4.78, 5) is 4.32. The fraction of sp³-hybridized carbons (Fsp3) is 0.429. The zero-order valence-corrected chi connectivity index (χ0v) is 10.9. The van der Waals surface area contributed by atoms with Gasteiger partial charge in [-0.3, -0.25) is 0 Å². The van der Waals surface area contributed by atoms with Crippen LogP contribution in [-0.4, -0.2) is 21.4 Å². The van der Waals surface area contributed by atoms with Gasteiger partial charge in [0.15, 0.2) is 0 Å². The fourth-order valence-electron chi connectivity index (χ4n) is 1.63. The van der Waals surface area contributed by atoms with Crippen LogP contribution in [0, 0.1) is 0 Å². The first-order valence-corrected chi connectivity index (χ1v) is 6.22. The number of aromatic nitrogens is 2. The van der Waals surface area contributed by atoms with Crippen LogP contribution in [0.15, 0.2) is 28.8 Å². The highest BCUT2D eigenvalue weighted by Gasteiger charge is 2.19. The number of benzene rings is 1. The number of aliphatic hydroxyl groups is 1. The third kappa shape index (κ3) is 2.59. The molecule has 1 aromatic carbocycles. The number of rotatable bonds is 4. The van der Waals surface area contributed by atoms with Gasteiger partial charge < -0.3 is 9.63 Å². The van der Waals surface area contributed by atoms with Crippen molar-refractivity contribution in [3.05, 3.63) is 35.7 Å². The third-order valence-electron chi connectivity index (χ3n) is 3.18. The van der Waals surface area contributed by atoms with Crippen LogP contribution >= 0.6 is 0 Å². The first kappa shape index (κ1) is 12.8. The maximum atomic E-state index is 9.49. The predicted octanol–water partition coefficient (Wildman–Crippen LogP) is 2.78. The molecule has 1 aromatic heterocycles. The monoisotopic (exact) mass is 246 g/mol. The topological polar surface area (TPSA) is 59.2 Å². The number of hydrogen-bond donors (Lipinski definition) is 1. The fourth-order valence-corrected chi connectivity index (χ4v) is 1.63. The summed E-state index contributed by atoms with van der Waals surface area (Å²) >= 11 is 0. The highest BCUT2D eigenvalue weighted by Crippen LogP contribution is 2.22. The summed E-state index contributed by atoms with van der Waals surface area (Å²) < 4.78 is 5.18. The Bertz CT molecular complexity index is 503. The van der Waals surface area contributed by atoms with Crippen LogP contribution in [0.5, 0.6) is 0 Å². The second-order valence-electron chi connectivity index (χ2n) is 4.54. The van der Waals surface area contributed by atoms with Crippen LogP contribution in [0.4, 0.5) is 0 Å². The Balaban J connectivity index is 2.23. The van der Waals surface area contributed by atoms with E-state index in [1.807, 2.05) is 19.1 Å². The molecular formula is C14H18N2O2. The second-order valence-corrected chi connectivity index (χ2v) is 4.54. The minimum Gasteiger partial charge on any atom is -0.393 e. The summed E-state index contributed by atoms with van der Waals surface area (Å²) in [6.45, 7) is 5.69. The number of aliphatic hydroxyl groups excluding tert-OH is 1. The molecule has 2 unspecified atom stereocenters. The van der Waals surface area contributed by atoms with E-state index < -0.39 is 6.10 Å². The van der Waals surface area contributed by atoms with Gasteiger partial charge in [-0.2, -0.15) is 4.98 Å². The molecule has 4 nitrogen and oxygen atoms in total. The van der Waals surface area contributed by atoms with Crippen LogP contribution in [0.2, 0.25) is 0 Å². The zero-order valence-electron chi connectivity index (χ0n) is 10.9. The Morgan fingerprint density at radius 1 is 1.22 bits per heavy atom. The lowest BCUT2D eigenvalue weighted by Crippen LogP contribution is -2.11. The number of hydrogen-bond acceptors (Lipinski definition) is 4. The molecule has 0 saturated carbocycles. The summed E-state index contributed by atoms with van der Waals surface area (Å²) in [7, 11) is 0. The molecule has 96 valence electrons. The quantitative estimate of drug-likeness (QED) is 0.901. The molecule has 0 radical (unpaired) electrons. The van der Waals surface area contributed by atoms with Gasteiger partial charge in [0.1, 0.15) is 0 Å². The normalized spacial score (nSPS) is 14.4. The Hall–Kier alpha value is -1.68. The molecule has 2 aromatic rings. The molecule has 0 fully saturated rings. The lowest BCUT2D eigenvalue weighted by molar-refractivity contribution is 0.151. The summed E-state index contributed by atoms with van der Waals surface area (Å²) in [5, 5.41) is 13.4. The van der Waals surface area contributed by atoms with Gasteiger partial charge in [-0.25, -0.2) is 0 Å². The van der Waals surface area contributed by atoms with Crippen molar-refractivity contribution in [1.29, 1.82) is 0 Å². The van der Waals surface area contributed by atoms with Gasteiger partial charge in [0.2, 0.25) is 11.7 Å². The molecule has 2 atom stereocenters. The van der Waals surface area contributed by atoms with E-state index in [1.165, 1.54) is 5.56 Å². The molecule has 4 heteroatoms. The van der Waals surface area contributed by atoms with Crippen LogP contribution < -0.4 is 0 Å². The van der Waals surface area contributed by atoms with E-state index in [4.69, 9.17) is 4.52 Å². The maximum Gasteiger partial charge on any atom is 0.232 e. The molecule has 0 aliphatic rings. The molecule has 0 amide bonds. The van der Waals surface area contributed by atoms with Gasteiger partial charge in [0, 0.05) is 5.56 Å². The van der Waals surface area contributed by atoms with Crippen molar-refractivity contribution >= 4 is 0 Å². The van der Waals surface area contributed by atoms with E-state index in [2.05, 4.69) is 29.2 Å². The molecule has 2 rings (SSSR count). The molecule has 0 aliphatic heterocycles. The highest BCUT2D eigenvalue weighted by molar-refractivity contribution is 5.54. The minimum atomic E-state index is -0.499. The van der Waals surface area contributed by atoms with Crippen molar-refractivity contribution in [1.82, 2.24) is 10.1 Å². The molecule has 0 bridgehead atoms. The van der Waals surface area contributed by atoms with E-state index >= 15 is 0 Å². The SMILES string of the molecule is CCc1ccc(-c2noc(C(C)C(C)O)n2)cc1. The Morgan fingerprint density at radius 3 is 2.44 bits per heavy atom. The largest absolute Gasteiger partial charge is 0.393 e. The standard InChI is InChI=1S/C14H18N2O2/c1-4-11-5-7-12(8-6-11)13-15-14(18-16-13)9(2)10(3)17/h5-10,17H,4H2,1-3H3. The predicted molar refractivity (Wildman–Crippen MR) is 69.2 cm³/mol. The summed E-state index contributed by atoms with van der Waals surface area (Å²) in [5.74, 6) is 0.890. The van der Waals surface area contributed by atoms with E-state index in [-0.39, 0.29) is 5.92 Å². The second kappa shape index (κ2) is 5.31. The minimum absolute atomic E-state index is 0.152. The zero-order chi connectivity index (χ0) is 13.1. The van der Waals surface area contributed by atoms with Crippen LogP contribution in [0.3, 0.4) is 0 Å². The molecule has 0 saturated heterocycles. The van der Waals surface area contributed by atoms with Crippen molar-refractivity contribution in [2.75, 3.05) is 0 Å². The first-order chi connectivity index (χ1) is 8.61. The summed E-state index contributed by atoms with van der Waals surface area (Å²) in [6, 6.07) is 8.09. The lowest BCUT2D eigenvalue weighted by atomic mass is 10.1. The van der Waals surface area contributed by atoms with Gasteiger partial charge in [-0.05, 0) is 18.9 Å². The average molecular weight is 246 g/mol. The van der Waals surface area contributed by atoms with Crippen LogP contribution in [0.1, 0.15) is 38.1 Å². The molecule has 1 N–H and O–H groups in total. The molecular weight excluding hydrogens is 228 g/mol. The first-order valence-electron chi connectivity index (χ1n) is 6.22. The average Bonchev–Trinajstić information content (AvgIpc) is 2.87. The van der Waals surface area contributed by atoms with E-state index in [0.717, 1.165) is 12.0 Å². The lowest BCUT2D eigenvalue weighted by Gasteiger charge is -2.07. The molecule has 0 aliphatic carbocycles. The van der Waals surface area contributed by atoms with Crippen molar-refractivity contribution in [2.45, 2.75) is 39.2 Å². The highest BCUT2D eigenvalue weighted by atomic mass is 16.5. The Kier molecular flexibility index (Phi) is 3.77. The summed E-state index contributed by atoms with van der Waals surface area (Å²) in [5.41, 5.74) is 2.21. The van der Waals surface area contributed by atoms with Crippen LogP contribution in [0.25, 0.3) is 11.4 Å². The van der Waals surface area contributed by atoms with Crippen LogP contribution in [-0.2, 0) is 6.42 Å². The van der Waals surface area contributed by atoms with E-state index in [0.29, 0.717) is 11.7 Å². The smallest absolute Gasteiger partial charge is 0.232 e. The van der Waals surface area contributed by atoms with Gasteiger partial charge >= 0.3 is 0 Å². The van der Waals surface area contributed by atoms with Gasteiger partial charge in [-0.15, -0.1) is 0 Å². The Labute approximate surface area is 107 Å². The molecule has 18 heavy (non-hydrogen) atoms. The van der Waals surface area contributed by atoms with Crippen molar-refractivity contribution in [3.63, 3.8) is 0 Å². The van der Waals surface area contributed by atoms with Crippen molar-refractivity contribution in [2.24, 2.45) is 0 Å². The summed E-state index contributed by atoms with van der Waals surface area (Å²) in [6.07, 6.45) is 0.511. The van der Waals surface area contributed by atoms with Gasteiger partial charge in [-0.1, -0.05) is 43.3 Å². The van der Waals surface area contributed by atoms with Gasteiger partial charge in [0.25, 0.3) is 0 Å². The van der Waals surface area contributed by atoms with E-state index in [1.54, 1.807) is 6.92 Å². The van der Waals surface area contributed by atoms with Gasteiger partial charge in [0.05, 0.1) is 12.0 Å². The number of aryl methyl sites for hydroxylation is 1.